The topological polar surface area (TPSA) is 132 Å². The van der Waals surface area contributed by atoms with Gasteiger partial charge >= 0.3 is 0 Å². The number of rotatable bonds is 13. The maximum absolute atomic E-state index is 12.9. The summed E-state index contributed by atoms with van der Waals surface area (Å²) < 4.78 is 12.5. The summed E-state index contributed by atoms with van der Waals surface area (Å²) >= 11 is 0. The van der Waals surface area contributed by atoms with E-state index in [-0.39, 0.29) is 24.8 Å². The molecule has 2 aliphatic rings. The number of benzene rings is 2. The third-order valence-electron chi connectivity index (χ3n) is 9.53. The van der Waals surface area contributed by atoms with Crippen LogP contribution >= 0.6 is 0 Å². The van der Waals surface area contributed by atoms with Gasteiger partial charge in [0.1, 0.15) is 17.2 Å². The van der Waals surface area contributed by atoms with Gasteiger partial charge in [0.15, 0.2) is 0 Å². The molecule has 0 saturated carbocycles. The molecule has 4 rings (SSSR count). The van der Waals surface area contributed by atoms with E-state index in [0.717, 1.165) is 35.2 Å². The molecule has 0 aromatic heterocycles. The highest BCUT2D eigenvalue weighted by atomic mass is 16.8. The molecule has 4 atom stereocenters. The lowest BCUT2D eigenvalue weighted by Crippen LogP contribution is -2.62. The average Bonchev–Trinajstić information content (AvgIpc) is 3.33. The van der Waals surface area contributed by atoms with Gasteiger partial charge in [0.25, 0.3) is 0 Å². The van der Waals surface area contributed by atoms with Crippen molar-refractivity contribution in [2.45, 2.75) is 101 Å². The minimum absolute atomic E-state index is 0.0568. The number of fused-ring (bicyclic) bond motifs is 2. The summed E-state index contributed by atoms with van der Waals surface area (Å²) in [4.78, 5) is 29.2. The number of aliphatic hydroxyl groups excluding tert-OH is 2. The third kappa shape index (κ3) is 7.64. The second-order valence-electron chi connectivity index (χ2n) is 14.5. The normalized spacial score (nSPS) is 24.7. The van der Waals surface area contributed by atoms with E-state index in [0.29, 0.717) is 31.4 Å². The van der Waals surface area contributed by atoms with Crippen molar-refractivity contribution in [3.63, 3.8) is 0 Å². The Morgan fingerprint density at radius 1 is 1.00 bits per heavy atom. The van der Waals surface area contributed by atoms with Crippen molar-refractivity contribution in [2.24, 2.45) is 0 Å². The van der Waals surface area contributed by atoms with Gasteiger partial charge in [0.2, 0.25) is 17.6 Å². The van der Waals surface area contributed by atoms with Crippen LogP contribution in [-0.4, -0.2) is 107 Å². The number of carbonyl (C=O) groups excluding carboxylic acids is 2. The maximum atomic E-state index is 12.9. The van der Waals surface area contributed by atoms with Crippen LogP contribution in [0.4, 0.5) is 0 Å². The monoisotopic (exact) mass is 639 g/mol. The number of nitrogens with zero attached hydrogens (tertiary/aromatic N) is 2. The Bertz CT molecular complexity index is 1390. The number of ether oxygens (including phenoxy) is 2. The fraction of sp³-hybridized carbons (Fsp3) is 0.611. The largest absolute Gasteiger partial charge is 0.390 e. The molecule has 0 unspecified atom stereocenters. The predicted octanol–water partition coefficient (Wildman–Crippen LogP) is 2.66. The zero-order valence-corrected chi connectivity index (χ0v) is 28.7. The Labute approximate surface area is 273 Å². The lowest BCUT2D eigenvalue weighted by molar-refractivity contribution is -0.319. The molecule has 254 valence electrons. The average molecular weight is 640 g/mol. The third-order valence-corrected chi connectivity index (χ3v) is 9.53. The van der Waals surface area contributed by atoms with Gasteiger partial charge in [-0.25, -0.2) is 0 Å². The van der Waals surface area contributed by atoms with Crippen LogP contribution < -0.4 is 5.32 Å². The predicted molar refractivity (Wildman–Crippen MR) is 176 cm³/mol. The summed E-state index contributed by atoms with van der Waals surface area (Å²) in [6.07, 6.45) is 0.0206. The van der Waals surface area contributed by atoms with Crippen molar-refractivity contribution < 1.29 is 34.4 Å². The van der Waals surface area contributed by atoms with Crippen molar-refractivity contribution in [3.8, 4) is 0 Å². The van der Waals surface area contributed by atoms with E-state index < -0.39 is 34.7 Å². The molecule has 2 heterocycles. The number of hydrogen-bond acceptors (Lipinski definition) is 8. The summed E-state index contributed by atoms with van der Waals surface area (Å²) in [6.45, 7) is 10.2. The second kappa shape index (κ2) is 13.7. The van der Waals surface area contributed by atoms with Gasteiger partial charge in [0.05, 0.1) is 18.3 Å². The SMILES string of the molecule is Cc1ccc([C@@]23OC[C@@](C(C)(C)O)(C[C@H](O)[C@H]2O)O3)cc1Cc1ccc(CCCC(=O)NC(C)(C)C(=O)N(C)CCN(C)C)cc1. The Hall–Kier alpha value is -2.86. The standard InChI is InChI=1S/C36H53N3O7/c1-24-12-17-28(36-31(42)29(40)22-35(46-36,23-45-36)34(4,5)44)21-27(24)20-26-15-13-25(14-16-26)10-9-11-30(41)37-33(2,3)32(43)39(8)19-18-38(6)7/h12-17,21,29,31,40,42,44H,9-11,18-20,22-23H2,1-8H3,(H,37,41)/t29-,31+,35+,36-/m0/s1. The van der Waals surface area contributed by atoms with Crippen molar-refractivity contribution >= 4 is 11.8 Å². The minimum atomic E-state index is -1.57. The van der Waals surface area contributed by atoms with Gasteiger partial charge < -0.3 is 39.9 Å². The molecule has 0 radical (unpaired) electrons. The fourth-order valence-corrected chi connectivity index (χ4v) is 6.35. The highest BCUT2D eigenvalue weighted by molar-refractivity contribution is 5.90. The maximum Gasteiger partial charge on any atom is 0.247 e. The highest BCUT2D eigenvalue weighted by Crippen LogP contribution is 2.53. The summed E-state index contributed by atoms with van der Waals surface area (Å²) in [7, 11) is 5.67. The number of aryl methyl sites for hydroxylation is 2. The molecule has 2 bridgehead atoms. The fourth-order valence-electron chi connectivity index (χ4n) is 6.35. The summed E-state index contributed by atoms with van der Waals surface area (Å²) in [5.74, 6) is -1.83. The van der Waals surface area contributed by atoms with E-state index in [4.69, 9.17) is 9.47 Å². The Kier molecular flexibility index (Phi) is 10.7. The van der Waals surface area contributed by atoms with Crippen molar-refractivity contribution in [1.29, 1.82) is 0 Å². The molecular formula is C36H53N3O7. The molecule has 10 heteroatoms. The minimum Gasteiger partial charge on any atom is -0.390 e. The number of nitrogens with one attached hydrogen (secondary N) is 1. The molecular weight excluding hydrogens is 586 g/mol. The van der Waals surface area contributed by atoms with Crippen LogP contribution in [0.1, 0.15) is 74.8 Å². The smallest absolute Gasteiger partial charge is 0.247 e. The Balaban J connectivity index is 1.35. The molecule has 4 N–H and O–H groups in total. The van der Waals surface area contributed by atoms with Crippen LogP contribution in [0.15, 0.2) is 42.5 Å². The molecule has 2 fully saturated rings. The first-order valence-electron chi connectivity index (χ1n) is 16.2. The molecule has 2 aromatic carbocycles. The number of amides is 2. The van der Waals surface area contributed by atoms with Crippen molar-refractivity contribution in [2.75, 3.05) is 40.8 Å². The molecule has 10 nitrogen and oxygen atoms in total. The molecule has 2 amide bonds. The summed E-state index contributed by atoms with van der Waals surface area (Å²) in [5, 5.41) is 35.6. The number of carbonyl (C=O) groups is 2. The van der Waals surface area contributed by atoms with Crippen LogP contribution in [-0.2, 0) is 37.7 Å². The molecule has 2 aliphatic heterocycles. The molecule has 0 aliphatic carbocycles. The van der Waals surface area contributed by atoms with Crippen LogP contribution in [0.2, 0.25) is 0 Å². The quantitative estimate of drug-likeness (QED) is 0.263. The Morgan fingerprint density at radius 2 is 1.65 bits per heavy atom. The van der Waals surface area contributed by atoms with Gasteiger partial charge in [-0.1, -0.05) is 36.4 Å². The van der Waals surface area contributed by atoms with E-state index >= 15 is 0 Å². The molecule has 2 saturated heterocycles. The summed E-state index contributed by atoms with van der Waals surface area (Å²) in [6, 6.07) is 14.1. The van der Waals surface area contributed by atoms with Crippen LogP contribution in [0.3, 0.4) is 0 Å². The van der Waals surface area contributed by atoms with Gasteiger partial charge in [-0.2, -0.15) is 0 Å². The van der Waals surface area contributed by atoms with Gasteiger partial charge in [-0.05, 0) is 96.3 Å². The molecule has 2 aromatic rings. The zero-order valence-electron chi connectivity index (χ0n) is 28.7. The van der Waals surface area contributed by atoms with E-state index in [2.05, 4.69) is 29.6 Å². The van der Waals surface area contributed by atoms with Crippen LogP contribution in [0.25, 0.3) is 0 Å². The van der Waals surface area contributed by atoms with E-state index in [1.807, 2.05) is 44.1 Å². The van der Waals surface area contributed by atoms with Crippen molar-refractivity contribution in [1.82, 2.24) is 15.1 Å². The second-order valence-corrected chi connectivity index (χ2v) is 14.5. The van der Waals surface area contributed by atoms with E-state index in [1.165, 1.54) is 0 Å². The first-order valence-corrected chi connectivity index (χ1v) is 16.2. The van der Waals surface area contributed by atoms with Crippen LogP contribution in [0.5, 0.6) is 0 Å². The first-order chi connectivity index (χ1) is 21.4. The number of aliphatic hydroxyl groups is 3. The number of hydrogen-bond donors (Lipinski definition) is 4. The van der Waals surface area contributed by atoms with Gasteiger partial charge in [-0.15, -0.1) is 0 Å². The van der Waals surface area contributed by atoms with E-state index in [9.17, 15) is 24.9 Å². The summed E-state index contributed by atoms with van der Waals surface area (Å²) in [5.41, 5.74) is 1.52. The van der Waals surface area contributed by atoms with Crippen molar-refractivity contribution in [3.05, 3.63) is 70.3 Å². The van der Waals surface area contributed by atoms with Gasteiger partial charge in [0, 0.05) is 38.5 Å². The molecule has 46 heavy (non-hydrogen) atoms. The Morgan fingerprint density at radius 3 is 2.28 bits per heavy atom. The zero-order chi connectivity index (χ0) is 34.1. The van der Waals surface area contributed by atoms with Crippen LogP contribution in [0, 0.1) is 6.92 Å². The lowest BCUT2D eigenvalue weighted by atomic mass is 9.77. The van der Waals surface area contributed by atoms with Gasteiger partial charge in [-0.3, -0.25) is 9.59 Å². The molecule has 0 spiro atoms. The van der Waals surface area contributed by atoms with E-state index in [1.54, 1.807) is 39.6 Å². The first kappa shape index (κ1) is 36.0. The lowest BCUT2D eigenvalue weighted by Gasteiger charge is -2.48. The number of likely N-dealkylation sites (N-methyl/N-ethyl adjacent to an activating group) is 2. The highest BCUT2D eigenvalue weighted by Gasteiger charge is 2.67.